The first-order valence-corrected chi connectivity index (χ1v) is 10.1. The van der Waals surface area contributed by atoms with Crippen LogP contribution in [0.25, 0.3) is 12.2 Å². The molecule has 0 aliphatic carbocycles. The molecule has 0 fully saturated rings. The molecule has 0 saturated heterocycles. The fraction of sp³-hybridized carbons (Fsp3) is 0.0625. The van der Waals surface area contributed by atoms with E-state index in [0.29, 0.717) is 0 Å². The molecule has 144 valence electrons. The maximum Gasteiger partial charge on any atom is 1.00 e. The number of anilines is 2. The van der Waals surface area contributed by atoms with Gasteiger partial charge in [0, 0.05) is 18.3 Å². The largest absolute Gasteiger partial charge is 1.00 e. The third kappa shape index (κ3) is 8.13. The molecule has 0 bridgehead atoms. The number of hydrogen-bond donors (Lipinski definition) is 2. The molecule has 0 heterocycles. The van der Waals surface area contributed by atoms with Gasteiger partial charge in [-0.05, 0) is 35.4 Å². The predicted molar refractivity (Wildman–Crippen MR) is 96.5 cm³/mol. The number of carbonyl (C=O) groups is 1. The Morgan fingerprint density at radius 3 is 1.79 bits per heavy atom. The molecule has 0 atom stereocenters. The number of rotatable bonds is 5. The van der Waals surface area contributed by atoms with Crippen LogP contribution in [0.5, 0.6) is 0 Å². The molecular formula is C16H14N2Na2O7S2. The first-order chi connectivity index (χ1) is 12.4. The van der Waals surface area contributed by atoms with Crippen LogP contribution in [0.1, 0.15) is 18.1 Å². The quantitative estimate of drug-likeness (QED) is 0.195. The topological polar surface area (TPSA) is 170 Å². The molecule has 9 nitrogen and oxygen atoms in total. The Balaban J connectivity index is 0.00000392. The van der Waals surface area contributed by atoms with Crippen molar-refractivity contribution in [2.45, 2.75) is 16.7 Å². The molecule has 29 heavy (non-hydrogen) atoms. The second-order valence-corrected chi connectivity index (χ2v) is 8.17. The smallest absolute Gasteiger partial charge is 0.744 e. The number of hydrogen-bond acceptors (Lipinski definition) is 8. The van der Waals surface area contributed by atoms with E-state index in [-0.39, 0.29) is 81.6 Å². The van der Waals surface area contributed by atoms with E-state index in [9.17, 15) is 30.7 Å². The monoisotopic (exact) mass is 456 g/mol. The van der Waals surface area contributed by atoms with Crippen molar-refractivity contribution in [3.8, 4) is 0 Å². The molecule has 0 saturated carbocycles. The van der Waals surface area contributed by atoms with Gasteiger partial charge in [0.15, 0.2) is 0 Å². The predicted octanol–water partition coefficient (Wildman–Crippen LogP) is -4.79. The van der Waals surface area contributed by atoms with Gasteiger partial charge in [-0.1, -0.05) is 24.3 Å². The number of carbonyl (C=O) groups excluding carboxylic acids is 1. The third-order valence-corrected chi connectivity index (χ3v) is 5.14. The van der Waals surface area contributed by atoms with E-state index in [2.05, 4.69) is 5.32 Å². The van der Waals surface area contributed by atoms with Crippen LogP contribution in [0, 0.1) is 0 Å². The molecule has 0 aromatic heterocycles. The summed E-state index contributed by atoms with van der Waals surface area (Å²) in [7, 11) is -9.72. The van der Waals surface area contributed by atoms with Gasteiger partial charge in [0.05, 0.1) is 9.79 Å². The zero-order chi connectivity index (χ0) is 20.4. The van der Waals surface area contributed by atoms with Crippen molar-refractivity contribution in [3.63, 3.8) is 0 Å². The van der Waals surface area contributed by atoms with Crippen LogP contribution in [0.3, 0.4) is 0 Å². The van der Waals surface area contributed by atoms with E-state index in [1.165, 1.54) is 43.3 Å². The molecular weight excluding hydrogens is 442 g/mol. The molecule has 3 N–H and O–H groups in total. The van der Waals surface area contributed by atoms with Gasteiger partial charge in [0.25, 0.3) is 0 Å². The normalized spacial score (nSPS) is 11.4. The molecule has 0 radical (unpaired) electrons. The fourth-order valence-electron chi connectivity index (χ4n) is 2.25. The summed E-state index contributed by atoms with van der Waals surface area (Å²) in [4.78, 5) is 9.88. The Labute approximate surface area is 212 Å². The molecule has 0 aliphatic heterocycles. The van der Waals surface area contributed by atoms with Crippen LogP contribution in [0.15, 0.2) is 46.2 Å². The van der Waals surface area contributed by atoms with Crippen molar-refractivity contribution in [1.82, 2.24) is 0 Å². The Morgan fingerprint density at radius 1 is 0.897 bits per heavy atom. The number of nitrogens with one attached hydrogen (secondary N) is 1. The SMILES string of the molecule is CC(=O)Nc1ccc(C=Cc2ccc(N)cc2S(=O)(=O)[O-])c(S(=O)(=O)[O-])c1.[Na+].[Na+]. The molecule has 2 rings (SSSR count). The molecule has 0 spiro atoms. The fourth-order valence-corrected chi connectivity index (χ4v) is 3.66. The van der Waals surface area contributed by atoms with Gasteiger partial charge >= 0.3 is 59.1 Å². The minimum atomic E-state index is -4.89. The van der Waals surface area contributed by atoms with Crippen LogP contribution >= 0.6 is 0 Å². The van der Waals surface area contributed by atoms with E-state index in [4.69, 9.17) is 5.73 Å². The number of amides is 1. The van der Waals surface area contributed by atoms with Gasteiger partial charge in [-0.15, -0.1) is 0 Å². The van der Waals surface area contributed by atoms with Crippen molar-refractivity contribution in [2.75, 3.05) is 11.1 Å². The molecule has 2 aromatic rings. The Hall–Kier alpha value is -0.730. The summed E-state index contributed by atoms with van der Waals surface area (Å²) in [6.45, 7) is 1.21. The summed E-state index contributed by atoms with van der Waals surface area (Å²) < 4.78 is 68.6. The van der Waals surface area contributed by atoms with Crippen molar-refractivity contribution >= 4 is 49.7 Å². The van der Waals surface area contributed by atoms with Crippen molar-refractivity contribution in [1.29, 1.82) is 0 Å². The van der Waals surface area contributed by atoms with Crippen LogP contribution < -0.4 is 70.2 Å². The summed E-state index contributed by atoms with van der Waals surface area (Å²) in [6, 6.07) is 7.22. The molecule has 0 aliphatic rings. The Kier molecular flexibility index (Phi) is 10.8. The third-order valence-electron chi connectivity index (χ3n) is 3.35. The summed E-state index contributed by atoms with van der Waals surface area (Å²) in [5.74, 6) is -0.459. The maximum absolute atomic E-state index is 11.5. The van der Waals surface area contributed by atoms with Crippen molar-refractivity contribution in [3.05, 3.63) is 47.5 Å². The van der Waals surface area contributed by atoms with Gasteiger partial charge in [-0.2, -0.15) is 0 Å². The Bertz CT molecular complexity index is 1150. The minimum Gasteiger partial charge on any atom is -0.744 e. The number of nitrogens with two attached hydrogens (primary N) is 1. The van der Waals surface area contributed by atoms with Gasteiger partial charge in [0.1, 0.15) is 20.2 Å². The zero-order valence-corrected chi connectivity index (χ0v) is 21.5. The van der Waals surface area contributed by atoms with Gasteiger partial charge in [-0.25, -0.2) is 16.8 Å². The molecule has 0 unspecified atom stereocenters. The standard InChI is InChI=1S/C16H16N2O7S2.2Na/c1-10(19)18-14-7-5-12(16(9-14)27(23,24)25)3-2-11-4-6-13(17)8-15(11)26(20,21)22;;/h2-9H,17H2,1H3,(H,18,19)(H,20,21,22)(H,23,24,25);;/q;2*+1/p-2. The van der Waals surface area contributed by atoms with Gasteiger partial charge in [-0.3, -0.25) is 4.79 Å². The summed E-state index contributed by atoms with van der Waals surface area (Å²) in [5.41, 5.74) is 5.57. The van der Waals surface area contributed by atoms with Crippen molar-refractivity contribution < 1.29 is 89.9 Å². The van der Waals surface area contributed by atoms with Gasteiger partial charge in [0.2, 0.25) is 5.91 Å². The summed E-state index contributed by atoms with van der Waals surface area (Å²) >= 11 is 0. The Morgan fingerprint density at radius 2 is 1.34 bits per heavy atom. The average Bonchev–Trinajstić information content (AvgIpc) is 2.52. The first-order valence-electron chi connectivity index (χ1n) is 7.29. The van der Waals surface area contributed by atoms with E-state index >= 15 is 0 Å². The molecule has 13 heteroatoms. The molecule has 2 aromatic carbocycles. The maximum atomic E-state index is 11.5. The van der Waals surface area contributed by atoms with Crippen molar-refractivity contribution in [2.24, 2.45) is 0 Å². The van der Waals surface area contributed by atoms with E-state index in [0.717, 1.165) is 12.1 Å². The van der Waals surface area contributed by atoms with E-state index in [1.807, 2.05) is 0 Å². The second-order valence-electron chi connectivity index (χ2n) is 5.47. The van der Waals surface area contributed by atoms with E-state index < -0.39 is 35.9 Å². The average molecular weight is 456 g/mol. The first kappa shape index (κ1) is 28.3. The second kappa shape index (κ2) is 11.0. The van der Waals surface area contributed by atoms with Crippen LogP contribution in [-0.2, 0) is 25.0 Å². The van der Waals surface area contributed by atoms with Crippen LogP contribution in [0.2, 0.25) is 0 Å². The van der Waals surface area contributed by atoms with Crippen LogP contribution in [-0.4, -0.2) is 31.8 Å². The number of benzene rings is 2. The zero-order valence-electron chi connectivity index (χ0n) is 15.9. The number of nitrogen functional groups attached to an aromatic ring is 1. The van der Waals surface area contributed by atoms with Gasteiger partial charge < -0.3 is 20.2 Å². The van der Waals surface area contributed by atoms with E-state index in [1.54, 1.807) is 0 Å². The minimum absolute atomic E-state index is 0. The molecule has 1 amide bonds. The summed E-state index contributed by atoms with van der Waals surface area (Å²) in [5, 5.41) is 2.35. The summed E-state index contributed by atoms with van der Waals surface area (Å²) in [6.07, 6.45) is 2.34. The van der Waals surface area contributed by atoms with Crippen LogP contribution in [0.4, 0.5) is 11.4 Å².